The van der Waals surface area contributed by atoms with Gasteiger partial charge in [0.2, 0.25) is 0 Å². The summed E-state index contributed by atoms with van der Waals surface area (Å²) in [7, 11) is 1.00. The Balaban J connectivity index is -0.0000000257. The molecule has 0 atom stereocenters. The summed E-state index contributed by atoms with van der Waals surface area (Å²) >= 11 is 9.27. The van der Waals surface area contributed by atoms with Gasteiger partial charge in [0.25, 0.3) is 7.48 Å². The molecular weight excluding hydrogens is 327 g/mol. The molecular formula is C5H15BBr3O. The Labute approximate surface area is 90.6 Å². The third kappa shape index (κ3) is 316. The van der Waals surface area contributed by atoms with Crippen molar-refractivity contribution < 1.29 is 5.02 Å². The molecule has 65 valence electrons. The second-order valence-corrected chi connectivity index (χ2v) is 4.37. The average molecular weight is 342 g/mol. The molecule has 1 radical (unpaired) electrons. The van der Waals surface area contributed by atoms with Gasteiger partial charge < -0.3 is 5.02 Å². The van der Waals surface area contributed by atoms with E-state index in [1.54, 1.807) is 6.82 Å². The highest BCUT2D eigenvalue weighted by Gasteiger charge is 1.46. The maximum atomic E-state index is 7.44. The van der Waals surface area contributed by atoms with Gasteiger partial charge in [-0.05, 0) is 0 Å². The molecule has 0 aliphatic carbocycles. The Bertz CT molecular complexity index is 21.6. The van der Waals surface area contributed by atoms with Gasteiger partial charge >= 0.3 is 0 Å². The molecule has 0 fully saturated rings. The van der Waals surface area contributed by atoms with E-state index in [1.165, 1.54) is 0 Å². The summed E-state index contributed by atoms with van der Waals surface area (Å²) in [5, 5.41) is 8.51. The Morgan fingerprint density at radius 1 is 1.30 bits per heavy atom. The molecule has 0 spiro atoms. The highest BCUT2D eigenvalue weighted by Crippen LogP contribution is 1.83. The summed E-state index contributed by atoms with van der Waals surface area (Å²) in [5.74, 6) is 0. The molecule has 5 heteroatoms. The van der Waals surface area contributed by atoms with Crippen LogP contribution in [0.5, 0.6) is 0 Å². The van der Waals surface area contributed by atoms with Crippen LogP contribution in [0.4, 0.5) is 0 Å². The van der Waals surface area contributed by atoms with Crippen LogP contribution in [0.2, 0.25) is 6.82 Å². The number of rotatable bonds is 0. The van der Waals surface area contributed by atoms with Crippen LogP contribution >= 0.6 is 47.8 Å². The largest absolute Gasteiger partial charge is 0.455 e. The zero-order valence-corrected chi connectivity index (χ0v) is 10.3. The van der Waals surface area contributed by atoms with Crippen LogP contribution in [0, 0.1) is 0 Å². The first-order valence-corrected chi connectivity index (χ1v) is 5.71. The van der Waals surface area contributed by atoms with Gasteiger partial charge in [0.1, 0.15) is 0 Å². The van der Waals surface area contributed by atoms with Gasteiger partial charge in [0.15, 0.2) is 0 Å². The smallest absolute Gasteiger partial charge is 0.283 e. The number of hydrogen-bond acceptors (Lipinski definition) is 1. The summed E-state index contributed by atoms with van der Waals surface area (Å²) in [6, 6.07) is 0. The van der Waals surface area contributed by atoms with Gasteiger partial charge in [-0.15, -0.1) is 0 Å². The van der Waals surface area contributed by atoms with E-state index in [1.807, 2.05) is 6.92 Å². The van der Waals surface area contributed by atoms with Crippen LogP contribution in [0.3, 0.4) is 0 Å². The van der Waals surface area contributed by atoms with E-state index in [9.17, 15) is 0 Å². The van der Waals surface area contributed by atoms with E-state index in [4.69, 9.17) is 5.02 Å². The minimum absolute atomic E-state index is 0. The highest BCUT2D eigenvalue weighted by atomic mass is 79.9. The summed E-state index contributed by atoms with van der Waals surface area (Å²) in [5.41, 5.74) is 0. The van der Waals surface area contributed by atoms with E-state index in [2.05, 4.69) is 47.8 Å². The highest BCUT2D eigenvalue weighted by molar-refractivity contribution is 9.24. The fraction of sp³-hybridized carbons (Fsp3) is 1.00. The van der Waals surface area contributed by atoms with Crippen molar-refractivity contribution in [3.63, 3.8) is 0 Å². The molecule has 0 aliphatic rings. The van der Waals surface area contributed by atoms with Gasteiger partial charge in [-0.3, -0.25) is 0 Å². The van der Waals surface area contributed by atoms with Crippen molar-refractivity contribution in [3.05, 3.63) is 0 Å². The first kappa shape index (κ1) is 22.5. The average Bonchev–Trinajstić information content (AvgIpc) is 1.70. The standard InChI is InChI=1S/C2H5Br.CH4BO.CH2Br2.CH4/c2*1-2-3;2-1-3;/h2H2,1H3;3H,1H3;1H2;1H4. The van der Waals surface area contributed by atoms with Gasteiger partial charge in [-0.25, -0.2) is 0 Å². The summed E-state index contributed by atoms with van der Waals surface area (Å²) < 4.78 is 0.875. The molecule has 10 heavy (non-hydrogen) atoms. The quantitative estimate of drug-likeness (QED) is 0.529. The lowest BCUT2D eigenvalue weighted by Gasteiger charge is -1.45. The van der Waals surface area contributed by atoms with E-state index in [-0.39, 0.29) is 7.43 Å². The molecule has 1 N–H and O–H groups in total. The molecule has 0 aromatic heterocycles. The monoisotopic (exact) mass is 339 g/mol. The summed E-state index contributed by atoms with van der Waals surface area (Å²) in [6.45, 7) is 3.60. The summed E-state index contributed by atoms with van der Waals surface area (Å²) in [6.07, 6.45) is 0. The Morgan fingerprint density at radius 3 is 1.30 bits per heavy atom. The van der Waals surface area contributed by atoms with Crippen molar-refractivity contribution in [1.29, 1.82) is 0 Å². The van der Waals surface area contributed by atoms with Crippen molar-refractivity contribution in [3.8, 4) is 0 Å². The predicted octanol–water partition coefficient (Wildman–Crippen LogP) is 3.42. The minimum atomic E-state index is 0. The topological polar surface area (TPSA) is 20.2 Å². The second-order valence-electron chi connectivity index (χ2n) is 0.626. The van der Waals surface area contributed by atoms with Gasteiger partial charge in [0, 0.05) is 5.33 Å². The molecule has 0 saturated heterocycles. The van der Waals surface area contributed by atoms with Crippen molar-refractivity contribution in [2.45, 2.75) is 21.2 Å². The van der Waals surface area contributed by atoms with Crippen molar-refractivity contribution in [2.24, 2.45) is 0 Å². The summed E-state index contributed by atoms with van der Waals surface area (Å²) in [4.78, 5) is 0. The Hall–Kier alpha value is 1.46. The predicted molar refractivity (Wildman–Crippen MR) is 62.8 cm³/mol. The van der Waals surface area contributed by atoms with Crippen LogP contribution in [-0.4, -0.2) is 22.1 Å². The molecule has 1 nitrogen and oxygen atoms in total. The second kappa shape index (κ2) is 47.0. The van der Waals surface area contributed by atoms with Crippen LogP contribution in [0.25, 0.3) is 0 Å². The van der Waals surface area contributed by atoms with Crippen LogP contribution < -0.4 is 0 Å². The molecule has 0 unspecified atom stereocenters. The lowest BCUT2D eigenvalue weighted by Crippen LogP contribution is -1.65. The molecule has 0 aromatic rings. The molecule has 0 amide bonds. The van der Waals surface area contributed by atoms with E-state index >= 15 is 0 Å². The molecule has 0 bridgehead atoms. The number of hydrogen-bond donors (Lipinski definition) is 1. The first-order chi connectivity index (χ1) is 4.24. The molecule has 0 saturated carbocycles. The maximum absolute atomic E-state index is 7.44. The van der Waals surface area contributed by atoms with Gasteiger partial charge in [-0.1, -0.05) is 69.0 Å². The molecule has 0 heterocycles. The minimum Gasteiger partial charge on any atom is -0.455 e. The zero-order chi connectivity index (χ0) is 8.12. The number of alkyl halides is 3. The van der Waals surface area contributed by atoms with Crippen molar-refractivity contribution in [1.82, 2.24) is 0 Å². The van der Waals surface area contributed by atoms with E-state index in [0.29, 0.717) is 0 Å². The fourth-order valence-electron chi connectivity index (χ4n) is 0. The Morgan fingerprint density at radius 2 is 1.30 bits per heavy atom. The molecule has 0 rings (SSSR count). The van der Waals surface area contributed by atoms with E-state index < -0.39 is 0 Å². The maximum Gasteiger partial charge on any atom is 0.283 e. The van der Waals surface area contributed by atoms with Gasteiger partial charge in [0.05, 0.1) is 4.24 Å². The van der Waals surface area contributed by atoms with Crippen molar-refractivity contribution in [2.75, 3.05) is 9.57 Å². The first-order valence-electron chi connectivity index (χ1n) is 2.34. The Kier molecular flexibility index (Phi) is 106. The zero-order valence-electron chi connectivity index (χ0n) is 5.57. The molecule has 0 aromatic carbocycles. The van der Waals surface area contributed by atoms with Gasteiger partial charge in [-0.2, -0.15) is 0 Å². The normalized spacial score (nSPS) is 5.00. The van der Waals surface area contributed by atoms with Crippen molar-refractivity contribution >= 4 is 55.3 Å². The van der Waals surface area contributed by atoms with Crippen LogP contribution in [0.15, 0.2) is 0 Å². The van der Waals surface area contributed by atoms with E-state index in [0.717, 1.165) is 17.1 Å². The number of halogens is 3. The molecule has 0 aliphatic heterocycles. The third-order valence-corrected chi connectivity index (χ3v) is 0. The lowest BCUT2D eigenvalue weighted by atomic mass is 10.1. The SMILES string of the molecule is BrCBr.C.CCBr.C[B]O. The third-order valence-electron chi connectivity index (χ3n) is 0. The van der Waals surface area contributed by atoms with Crippen LogP contribution in [0.1, 0.15) is 14.4 Å². The lowest BCUT2D eigenvalue weighted by molar-refractivity contribution is 0.610. The van der Waals surface area contributed by atoms with Crippen LogP contribution in [-0.2, 0) is 0 Å². The fourth-order valence-corrected chi connectivity index (χ4v) is 0.